The molecule has 25 heavy (non-hydrogen) atoms. The van der Waals surface area contributed by atoms with Crippen molar-refractivity contribution in [1.82, 2.24) is 10.2 Å². The van der Waals surface area contributed by atoms with Gasteiger partial charge in [-0.15, -0.1) is 0 Å². The first-order valence-electron chi connectivity index (χ1n) is 11.1. The molecule has 0 aromatic rings. The molecule has 0 radical (unpaired) electrons. The van der Waals surface area contributed by atoms with Crippen molar-refractivity contribution >= 4 is 6.34 Å². The number of nitrogens with zero attached hydrogens (tertiary/aromatic N) is 2. The van der Waals surface area contributed by atoms with Gasteiger partial charge in [-0.05, 0) is 19.8 Å². The fourth-order valence-corrected chi connectivity index (χ4v) is 3.45. The van der Waals surface area contributed by atoms with Crippen LogP contribution < -0.4 is 5.32 Å². The molecular formula is C22H43N3. The fraction of sp³-hybridized carbons (Fsp3) is 0.864. The van der Waals surface area contributed by atoms with E-state index < -0.39 is 0 Å². The molecule has 1 aliphatic heterocycles. The molecule has 0 fully saturated rings. The Morgan fingerprint density at radius 3 is 1.92 bits per heavy atom. The zero-order valence-corrected chi connectivity index (χ0v) is 17.1. The molecule has 1 aliphatic rings. The van der Waals surface area contributed by atoms with Crippen molar-refractivity contribution in [3.8, 4) is 0 Å². The van der Waals surface area contributed by atoms with Crippen LogP contribution in [0.3, 0.4) is 0 Å². The number of allylic oxidation sites excluding steroid dienone is 1. The van der Waals surface area contributed by atoms with E-state index in [1.54, 1.807) is 0 Å². The molecule has 0 aromatic carbocycles. The Balaban J connectivity index is 1.90. The first-order chi connectivity index (χ1) is 12.4. The molecule has 0 aliphatic carbocycles. The molecule has 0 aromatic heterocycles. The van der Waals surface area contributed by atoms with E-state index in [1.807, 2.05) is 6.34 Å². The third-order valence-corrected chi connectivity index (χ3v) is 4.99. The Hall–Kier alpha value is -0.990. The molecule has 1 rings (SSSR count). The monoisotopic (exact) mass is 349 g/mol. The summed E-state index contributed by atoms with van der Waals surface area (Å²) in [6.45, 7) is 7.45. The molecule has 0 spiro atoms. The van der Waals surface area contributed by atoms with Crippen molar-refractivity contribution in [3.63, 3.8) is 0 Å². The quantitative estimate of drug-likeness (QED) is 0.314. The van der Waals surface area contributed by atoms with Crippen molar-refractivity contribution in [2.24, 2.45) is 4.99 Å². The van der Waals surface area contributed by atoms with E-state index in [1.165, 1.54) is 95.6 Å². The topological polar surface area (TPSA) is 27.6 Å². The summed E-state index contributed by atoms with van der Waals surface area (Å²) in [5.74, 6) is 0. The van der Waals surface area contributed by atoms with Gasteiger partial charge in [0.05, 0.1) is 12.9 Å². The Kier molecular flexibility index (Phi) is 14.5. The predicted molar refractivity (Wildman–Crippen MR) is 112 cm³/mol. The summed E-state index contributed by atoms with van der Waals surface area (Å²) >= 11 is 0. The maximum Gasteiger partial charge on any atom is 0.0891 e. The number of hydrogen-bond acceptors (Lipinski definition) is 3. The lowest BCUT2D eigenvalue weighted by atomic mass is 10.0. The minimum absolute atomic E-state index is 0.939. The smallest absolute Gasteiger partial charge is 0.0891 e. The predicted octanol–water partition coefficient (Wildman–Crippen LogP) is 6.26. The van der Waals surface area contributed by atoms with Gasteiger partial charge in [-0.1, -0.05) is 84.0 Å². The SMILES string of the molecule is CCCCCCCCCCCCCCCC(=CN1C=NCC1)NCC. The Morgan fingerprint density at radius 2 is 1.44 bits per heavy atom. The van der Waals surface area contributed by atoms with Gasteiger partial charge in [0, 0.05) is 25.0 Å². The van der Waals surface area contributed by atoms with Crippen LogP contribution in [-0.2, 0) is 0 Å². The van der Waals surface area contributed by atoms with Gasteiger partial charge < -0.3 is 10.2 Å². The molecule has 146 valence electrons. The minimum Gasteiger partial charge on any atom is -0.387 e. The zero-order valence-electron chi connectivity index (χ0n) is 17.1. The maximum atomic E-state index is 4.28. The summed E-state index contributed by atoms with van der Waals surface area (Å²) in [5.41, 5.74) is 1.37. The van der Waals surface area contributed by atoms with Crippen LogP contribution in [-0.4, -0.2) is 30.9 Å². The summed E-state index contributed by atoms with van der Waals surface area (Å²) in [4.78, 5) is 6.48. The third-order valence-electron chi connectivity index (χ3n) is 4.99. The van der Waals surface area contributed by atoms with Gasteiger partial charge >= 0.3 is 0 Å². The Labute approximate surface area is 157 Å². The highest BCUT2D eigenvalue weighted by Crippen LogP contribution is 2.14. The highest BCUT2D eigenvalue weighted by Gasteiger charge is 2.04. The summed E-state index contributed by atoms with van der Waals surface area (Å²) in [6.07, 6.45) is 23.8. The lowest BCUT2D eigenvalue weighted by Gasteiger charge is -2.14. The Bertz CT molecular complexity index is 349. The molecule has 0 unspecified atom stereocenters. The molecule has 0 saturated heterocycles. The minimum atomic E-state index is 0.939. The maximum absolute atomic E-state index is 4.28. The summed E-state index contributed by atoms with van der Waals surface area (Å²) in [5, 5.41) is 3.51. The number of unbranched alkanes of at least 4 members (excludes halogenated alkanes) is 12. The average Bonchev–Trinajstić information content (AvgIpc) is 3.12. The molecule has 0 bridgehead atoms. The molecular weight excluding hydrogens is 306 g/mol. The fourth-order valence-electron chi connectivity index (χ4n) is 3.45. The lowest BCUT2D eigenvalue weighted by Crippen LogP contribution is -2.19. The van der Waals surface area contributed by atoms with Crippen LogP contribution >= 0.6 is 0 Å². The molecule has 1 heterocycles. The van der Waals surface area contributed by atoms with Crippen molar-refractivity contribution in [1.29, 1.82) is 0 Å². The van der Waals surface area contributed by atoms with Gasteiger partial charge in [-0.2, -0.15) is 0 Å². The standard InChI is InChI=1S/C22H43N3/c1-3-5-6-7-8-9-10-11-12-13-14-15-16-17-22(24-4-2)20-25-19-18-23-21-25/h20-21,24H,3-19H2,1-2H3. The van der Waals surface area contributed by atoms with E-state index in [4.69, 9.17) is 0 Å². The number of aliphatic imine (C=N–C) groups is 1. The second-order valence-electron chi connectivity index (χ2n) is 7.44. The van der Waals surface area contributed by atoms with Gasteiger partial charge in [0.25, 0.3) is 0 Å². The number of nitrogens with one attached hydrogen (secondary N) is 1. The van der Waals surface area contributed by atoms with Gasteiger partial charge in [0.2, 0.25) is 0 Å². The van der Waals surface area contributed by atoms with Gasteiger partial charge in [-0.25, -0.2) is 0 Å². The van der Waals surface area contributed by atoms with Gasteiger partial charge in [0.15, 0.2) is 0 Å². The van der Waals surface area contributed by atoms with Crippen LogP contribution in [0.2, 0.25) is 0 Å². The van der Waals surface area contributed by atoms with Crippen LogP contribution in [0.1, 0.15) is 104 Å². The second-order valence-corrected chi connectivity index (χ2v) is 7.44. The van der Waals surface area contributed by atoms with Crippen molar-refractivity contribution in [2.75, 3.05) is 19.6 Å². The van der Waals surface area contributed by atoms with Crippen LogP contribution in [0.15, 0.2) is 16.9 Å². The lowest BCUT2D eigenvalue weighted by molar-refractivity contribution is 0.535. The van der Waals surface area contributed by atoms with Crippen LogP contribution in [0.25, 0.3) is 0 Å². The molecule has 0 amide bonds. The second kappa shape index (κ2) is 16.5. The number of hydrogen-bond donors (Lipinski definition) is 1. The van der Waals surface area contributed by atoms with Crippen LogP contribution in [0.5, 0.6) is 0 Å². The van der Waals surface area contributed by atoms with Crippen LogP contribution in [0, 0.1) is 0 Å². The number of rotatable bonds is 17. The van der Waals surface area contributed by atoms with E-state index in [2.05, 4.69) is 35.3 Å². The first kappa shape index (κ1) is 22.1. The highest BCUT2D eigenvalue weighted by molar-refractivity contribution is 5.58. The van der Waals surface area contributed by atoms with E-state index in [9.17, 15) is 0 Å². The summed E-state index contributed by atoms with van der Waals surface area (Å²) < 4.78 is 0. The van der Waals surface area contributed by atoms with E-state index in [0.29, 0.717) is 0 Å². The highest BCUT2D eigenvalue weighted by atomic mass is 15.2. The van der Waals surface area contributed by atoms with E-state index in [0.717, 1.165) is 19.6 Å². The van der Waals surface area contributed by atoms with Gasteiger partial charge in [0.1, 0.15) is 0 Å². The first-order valence-corrected chi connectivity index (χ1v) is 11.1. The normalized spacial score (nSPS) is 14.5. The van der Waals surface area contributed by atoms with E-state index >= 15 is 0 Å². The largest absolute Gasteiger partial charge is 0.387 e. The van der Waals surface area contributed by atoms with Gasteiger partial charge in [-0.3, -0.25) is 4.99 Å². The molecule has 0 atom stereocenters. The van der Waals surface area contributed by atoms with E-state index in [-0.39, 0.29) is 0 Å². The summed E-state index contributed by atoms with van der Waals surface area (Å²) in [7, 11) is 0. The summed E-state index contributed by atoms with van der Waals surface area (Å²) in [6, 6.07) is 0. The average molecular weight is 350 g/mol. The molecule has 3 heteroatoms. The van der Waals surface area contributed by atoms with Crippen LogP contribution in [0.4, 0.5) is 0 Å². The van der Waals surface area contributed by atoms with Crippen molar-refractivity contribution in [2.45, 2.75) is 104 Å². The zero-order chi connectivity index (χ0) is 18.0. The molecule has 1 N–H and O–H groups in total. The Morgan fingerprint density at radius 1 is 0.880 bits per heavy atom. The van der Waals surface area contributed by atoms with Crippen molar-refractivity contribution < 1.29 is 0 Å². The molecule has 0 saturated carbocycles. The third kappa shape index (κ3) is 12.9. The molecule has 3 nitrogen and oxygen atoms in total. The van der Waals surface area contributed by atoms with Crippen molar-refractivity contribution in [3.05, 3.63) is 11.9 Å².